The van der Waals surface area contributed by atoms with Gasteiger partial charge in [0.25, 0.3) is 0 Å². The van der Waals surface area contributed by atoms with Crippen LogP contribution < -0.4 is 9.47 Å². The van der Waals surface area contributed by atoms with Gasteiger partial charge in [-0.1, -0.05) is 42.5 Å². The van der Waals surface area contributed by atoms with Gasteiger partial charge in [0.15, 0.2) is 17.6 Å². The van der Waals surface area contributed by atoms with Crippen LogP contribution in [-0.4, -0.2) is 22.3 Å². The highest BCUT2D eigenvalue weighted by atomic mass is 32.1. The maximum Gasteiger partial charge on any atom is 0.161 e. The van der Waals surface area contributed by atoms with E-state index in [2.05, 4.69) is 42.0 Å². The van der Waals surface area contributed by atoms with Crippen LogP contribution >= 0.6 is 11.3 Å². The zero-order valence-corrected chi connectivity index (χ0v) is 17.3. The van der Waals surface area contributed by atoms with Crippen molar-refractivity contribution >= 4 is 11.3 Å². The molecule has 4 nitrogen and oxygen atoms in total. The van der Waals surface area contributed by atoms with Gasteiger partial charge in [0.05, 0.1) is 12.2 Å². The molecule has 1 aliphatic rings. The van der Waals surface area contributed by atoms with E-state index in [0.29, 0.717) is 6.61 Å². The molecule has 0 amide bonds. The predicted molar refractivity (Wildman–Crippen MR) is 117 cm³/mol. The average molecular weight is 403 g/mol. The number of nitrogens with zero attached hydrogens (tertiary/aromatic N) is 2. The zero-order chi connectivity index (χ0) is 19.8. The maximum atomic E-state index is 6.16. The second-order valence-electron chi connectivity index (χ2n) is 7.30. The molecular formula is C24H22N2O2S. The third kappa shape index (κ3) is 3.42. The summed E-state index contributed by atoms with van der Waals surface area (Å²) < 4.78 is 14.4. The Hall–Kier alpha value is -3.05. The Balaban J connectivity index is 1.40. The number of hydrogen-bond acceptors (Lipinski definition) is 4. The van der Waals surface area contributed by atoms with Gasteiger partial charge in [0, 0.05) is 27.9 Å². The number of para-hydroxylation sites is 2. The van der Waals surface area contributed by atoms with E-state index >= 15 is 0 Å². The first-order valence-corrected chi connectivity index (χ1v) is 10.6. The molecule has 29 heavy (non-hydrogen) atoms. The molecule has 0 N–H and O–H groups in total. The number of aryl methyl sites for hydroxylation is 1. The van der Waals surface area contributed by atoms with Crippen LogP contribution in [0.25, 0.3) is 21.8 Å². The molecule has 0 unspecified atom stereocenters. The standard InChI is InChI=1S/C24H22N2O2S/c1-16-12-20(21-15-29-24(25-21)18-8-4-3-5-9-18)17(2)26(16)13-19-14-27-22-10-6-7-11-23(22)28-19/h3-12,15,19H,13-14H2,1-2H3/t19-/m1/s1. The van der Waals surface area contributed by atoms with Gasteiger partial charge in [0.2, 0.25) is 0 Å². The van der Waals surface area contributed by atoms with E-state index < -0.39 is 0 Å². The third-order valence-corrected chi connectivity index (χ3v) is 6.22. The molecular weight excluding hydrogens is 380 g/mol. The molecule has 1 atom stereocenters. The number of fused-ring (bicyclic) bond motifs is 1. The monoisotopic (exact) mass is 402 g/mol. The summed E-state index contributed by atoms with van der Waals surface area (Å²) in [6.07, 6.45) is -0.0159. The van der Waals surface area contributed by atoms with E-state index in [1.807, 2.05) is 42.5 Å². The van der Waals surface area contributed by atoms with Crippen LogP contribution in [0.1, 0.15) is 11.4 Å². The summed E-state index contributed by atoms with van der Waals surface area (Å²) in [6, 6.07) is 20.4. The molecule has 146 valence electrons. The minimum atomic E-state index is -0.0159. The highest BCUT2D eigenvalue weighted by molar-refractivity contribution is 7.13. The van der Waals surface area contributed by atoms with Crippen LogP contribution in [-0.2, 0) is 6.54 Å². The van der Waals surface area contributed by atoms with Crippen LogP contribution in [0.5, 0.6) is 11.5 Å². The van der Waals surface area contributed by atoms with Crippen molar-refractivity contribution in [3.8, 4) is 33.3 Å². The molecule has 1 aliphatic heterocycles. The summed E-state index contributed by atoms with van der Waals surface area (Å²) in [5.41, 5.74) is 5.77. The summed E-state index contributed by atoms with van der Waals surface area (Å²) in [5, 5.41) is 3.19. The number of thiazole rings is 1. The second kappa shape index (κ2) is 7.41. The maximum absolute atomic E-state index is 6.16. The van der Waals surface area contributed by atoms with Gasteiger partial charge < -0.3 is 14.0 Å². The Kier molecular flexibility index (Phi) is 4.60. The molecule has 0 bridgehead atoms. The Morgan fingerprint density at radius 2 is 1.79 bits per heavy atom. The topological polar surface area (TPSA) is 36.3 Å². The first-order valence-electron chi connectivity index (χ1n) is 9.75. The lowest BCUT2D eigenvalue weighted by molar-refractivity contribution is 0.0778. The Morgan fingerprint density at radius 1 is 1.03 bits per heavy atom. The van der Waals surface area contributed by atoms with Crippen molar-refractivity contribution < 1.29 is 9.47 Å². The highest BCUT2D eigenvalue weighted by Gasteiger charge is 2.23. The Morgan fingerprint density at radius 3 is 2.62 bits per heavy atom. The fraction of sp³-hybridized carbons (Fsp3) is 0.208. The minimum Gasteiger partial charge on any atom is -0.486 e. The van der Waals surface area contributed by atoms with E-state index in [1.165, 1.54) is 17.0 Å². The molecule has 5 rings (SSSR count). The molecule has 0 aliphatic carbocycles. The minimum absolute atomic E-state index is 0.0159. The van der Waals surface area contributed by atoms with Gasteiger partial charge >= 0.3 is 0 Å². The van der Waals surface area contributed by atoms with Crippen molar-refractivity contribution in [2.75, 3.05) is 6.61 Å². The molecule has 0 radical (unpaired) electrons. The first-order chi connectivity index (χ1) is 14.2. The quantitative estimate of drug-likeness (QED) is 0.437. The summed E-state index contributed by atoms with van der Waals surface area (Å²) in [6.45, 7) is 5.60. The number of rotatable bonds is 4. The summed E-state index contributed by atoms with van der Waals surface area (Å²) >= 11 is 1.68. The van der Waals surface area contributed by atoms with Crippen molar-refractivity contribution in [2.45, 2.75) is 26.5 Å². The van der Waals surface area contributed by atoms with E-state index in [1.54, 1.807) is 11.3 Å². The van der Waals surface area contributed by atoms with Crippen molar-refractivity contribution in [3.63, 3.8) is 0 Å². The first kappa shape index (κ1) is 18.0. The number of hydrogen-bond donors (Lipinski definition) is 0. The van der Waals surface area contributed by atoms with Crippen molar-refractivity contribution in [1.29, 1.82) is 0 Å². The van der Waals surface area contributed by atoms with E-state index in [0.717, 1.165) is 34.3 Å². The van der Waals surface area contributed by atoms with E-state index in [9.17, 15) is 0 Å². The molecule has 0 spiro atoms. The van der Waals surface area contributed by atoms with E-state index in [4.69, 9.17) is 14.5 Å². The van der Waals surface area contributed by atoms with Crippen molar-refractivity contribution in [3.05, 3.63) is 77.4 Å². The van der Waals surface area contributed by atoms with Gasteiger partial charge in [-0.15, -0.1) is 11.3 Å². The lowest BCUT2D eigenvalue weighted by Crippen LogP contribution is -2.33. The molecule has 3 heterocycles. The zero-order valence-electron chi connectivity index (χ0n) is 16.5. The smallest absolute Gasteiger partial charge is 0.161 e. The third-order valence-electron chi connectivity index (χ3n) is 5.33. The molecule has 0 fully saturated rings. The van der Waals surface area contributed by atoms with Crippen LogP contribution in [0.2, 0.25) is 0 Å². The van der Waals surface area contributed by atoms with Crippen LogP contribution in [0.15, 0.2) is 66.0 Å². The molecule has 0 saturated heterocycles. The Bertz CT molecular complexity index is 1150. The number of aromatic nitrogens is 2. The van der Waals surface area contributed by atoms with Crippen LogP contribution in [0.4, 0.5) is 0 Å². The van der Waals surface area contributed by atoms with Gasteiger partial charge in [-0.2, -0.15) is 0 Å². The molecule has 2 aromatic carbocycles. The number of benzene rings is 2. The van der Waals surface area contributed by atoms with Gasteiger partial charge in [-0.3, -0.25) is 0 Å². The molecule has 4 aromatic rings. The van der Waals surface area contributed by atoms with Crippen molar-refractivity contribution in [2.24, 2.45) is 0 Å². The van der Waals surface area contributed by atoms with Crippen LogP contribution in [0.3, 0.4) is 0 Å². The fourth-order valence-electron chi connectivity index (χ4n) is 3.81. The normalized spacial score (nSPS) is 15.4. The van der Waals surface area contributed by atoms with Gasteiger partial charge in [0.1, 0.15) is 11.6 Å². The average Bonchev–Trinajstić information content (AvgIpc) is 3.35. The molecule has 2 aromatic heterocycles. The van der Waals surface area contributed by atoms with Crippen LogP contribution in [0, 0.1) is 13.8 Å². The summed E-state index contributed by atoms with van der Waals surface area (Å²) in [7, 11) is 0. The SMILES string of the molecule is Cc1cc(-c2csc(-c3ccccc3)n2)c(C)n1C[C@@H]1COc2ccccc2O1. The fourth-order valence-corrected chi connectivity index (χ4v) is 4.63. The summed E-state index contributed by atoms with van der Waals surface area (Å²) in [4.78, 5) is 4.89. The lowest BCUT2D eigenvalue weighted by Gasteiger charge is -2.27. The highest BCUT2D eigenvalue weighted by Crippen LogP contribution is 2.34. The Labute approximate surface area is 174 Å². The van der Waals surface area contributed by atoms with Gasteiger partial charge in [-0.25, -0.2) is 4.98 Å². The molecule has 0 saturated carbocycles. The molecule has 5 heteroatoms. The lowest BCUT2D eigenvalue weighted by atomic mass is 10.2. The van der Waals surface area contributed by atoms with E-state index in [-0.39, 0.29) is 6.10 Å². The van der Waals surface area contributed by atoms with Gasteiger partial charge in [-0.05, 0) is 32.0 Å². The summed E-state index contributed by atoms with van der Waals surface area (Å²) in [5.74, 6) is 1.64. The number of ether oxygens (including phenoxy) is 2. The predicted octanol–water partition coefficient (Wildman–Crippen LogP) is 5.74. The van der Waals surface area contributed by atoms with Crippen molar-refractivity contribution in [1.82, 2.24) is 9.55 Å². The largest absolute Gasteiger partial charge is 0.486 e. The second-order valence-corrected chi connectivity index (χ2v) is 8.16.